The average molecular weight is 274 g/mol. The van der Waals surface area contributed by atoms with Crippen LogP contribution in [0.5, 0.6) is 0 Å². The van der Waals surface area contributed by atoms with E-state index in [2.05, 4.69) is 15.5 Å². The second-order valence-electron chi connectivity index (χ2n) is 4.66. The Balaban J connectivity index is 1.90. The summed E-state index contributed by atoms with van der Waals surface area (Å²) >= 11 is 0. The number of benzene rings is 1. The highest BCUT2D eigenvalue weighted by Gasteiger charge is 2.19. The Hall–Kier alpha value is -2.21. The van der Waals surface area contributed by atoms with Crippen LogP contribution in [0.4, 0.5) is 5.69 Å². The summed E-state index contributed by atoms with van der Waals surface area (Å²) in [5.74, 6) is 0.952. The van der Waals surface area contributed by atoms with E-state index in [1.54, 1.807) is 6.92 Å². The molecule has 106 valence electrons. The summed E-state index contributed by atoms with van der Waals surface area (Å²) in [7, 11) is 1.84. The van der Waals surface area contributed by atoms with Crippen LogP contribution in [0, 0.1) is 6.92 Å². The predicted octanol–water partition coefficient (Wildman–Crippen LogP) is 2.01. The zero-order valence-corrected chi connectivity index (χ0v) is 11.8. The molecule has 1 aromatic heterocycles. The summed E-state index contributed by atoms with van der Waals surface area (Å²) in [6.07, 6.45) is 0. The van der Waals surface area contributed by atoms with Crippen LogP contribution >= 0.6 is 0 Å². The maximum atomic E-state index is 11.9. The minimum absolute atomic E-state index is 0.0817. The lowest BCUT2D eigenvalue weighted by Gasteiger charge is -2.20. The Labute approximate surface area is 117 Å². The fraction of sp³-hybridized carbons (Fsp3) is 0.357. The van der Waals surface area contributed by atoms with Gasteiger partial charge in [0.1, 0.15) is 0 Å². The topological polar surface area (TPSA) is 71.3 Å². The van der Waals surface area contributed by atoms with E-state index in [9.17, 15) is 4.79 Å². The summed E-state index contributed by atoms with van der Waals surface area (Å²) in [6, 6.07) is 9.25. The van der Waals surface area contributed by atoms with E-state index < -0.39 is 0 Å². The van der Waals surface area contributed by atoms with Gasteiger partial charge in [-0.1, -0.05) is 18.2 Å². The van der Waals surface area contributed by atoms with Crippen LogP contribution < -0.4 is 5.32 Å². The number of carbonyl (C=O) groups is 1. The monoisotopic (exact) mass is 274 g/mol. The third kappa shape index (κ3) is 3.64. The molecule has 0 aliphatic carbocycles. The number of anilines is 1. The third-order valence-electron chi connectivity index (χ3n) is 3.01. The largest absolute Gasteiger partial charge is 0.424 e. The summed E-state index contributed by atoms with van der Waals surface area (Å²) in [6.45, 7) is 3.91. The van der Waals surface area contributed by atoms with E-state index in [4.69, 9.17) is 4.42 Å². The lowest BCUT2D eigenvalue weighted by molar-refractivity contribution is -0.117. The summed E-state index contributed by atoms with van der Waals surface area (Å²) in [5, 5.41) is 10.6. The van der Waals surface area contributed by atoms with Gasteiger partial charge in [0, 0.05) is 12.6 Å². The van der Waals surface area contributed by atoms with Crippen molar-refractivity contribution in [2.45, 2.75) is 19.9 Å². The van der Waals surface area contributed by atoms with E-state index in [-0.39, 0.29) is 18.5 Å². The molecule has 0 bridgehead atoms. The first-order chi connectivity index (χ1) is 9.56. The normalized spacial score (nSPS) is 12.4. The van der Waals surface area contributed by atoms with E-state index in [1.165, 1.54) is 0 Å². The average Bonchev–Trinajstić information content (AvgIpc) is 2.85. The number of nitrogens with one attached hydrogen (secondary N) is 1. The first-order valence-electron chi connectivity index (χ1n) is 6.41. The van der Waals surface area contributed by atoms with Gasteiger partial charge in [-0.25, -0.2) is 0 Å². The van der Waals surface area contributed by atoms with Gasteiger partial charge in [-0.05, 0) is 26.1 Å². The number of carbonyl (C=O) groups excluding carboxylic acids is 1. The van der Waals surface area contributed by atoms with Crippen molar-refractivity contribution in [2.75, 3.05) is 18.9 Å². The second-order valence-corrected chi connectivity index (χ2v) is 4.66. The summed E-state index contributed by atoms with van der Waals surface area (Å²) in [4.78, 5) is 13.8. The van der Waals surface area contributed by atoms with Crippen LogP contribution in [0.2, 0.25) is 0 Å². The van der Waals surface area contributed by atoms with Gasteiger partial charge >= 0.3 is 0 Å². The molecule has 2 rings (SSSR count). The van der Waals surface area contributed by atoms with Crippen molar-refractivity contribution in [1.82, 2.24) is 15.1 Å². The zero-order valence-electron chi connectivity index (χ0n) is 11.8. The maximum absolute atomic E-state index is 11.9. The van der Waals surface area contributed by atoms with Gasteiger partial charge in [0.25, 0.3) is 0 Å². The van der Waals surface area contributed by atoms with Crippen LogP contribution in [0.3, 0.4) is 0 Å². The van der Waals surface area contributed by atoms with Gasteiger partial charge in [-0.15, -0.1) is 10.2 Å². The highest BCUT2D eigenvalue weighted by Crippen LogP contribution is 2.16. The zero-order chi connectivity index (χ0) is 14.5. The molecule has 0 saturated carbocycles. The smallest absolute Gasteiger partial charge is 0.238 e. The molecule has 0 radical (unpaired) electrons. The Bertz CT molecular complexity index is 568. The van der Waals surface area contributed by atoms with Crippen LogP contribution in [0.25, 0.3) is 0 Å². The molecule has 1 unspecified atom stereocenters. The maximum Gasteiger partial charge on any atom is 0.238 e. The van der Waals surface area contributed by atoms with E-state index in [0.717, 1.165) is 5.69 Å². The highest BCUT2D eigenvalue weighted by atomic mass is 16.4. The van der Waals surface area contributed by atoms with Crippen molar-refractivity contribution >= 4 is 11.6 Å². The standard InChI is InChI=1S/C14H18N4O2/c1-10(14-17-16-11(2)20-14)18(3)9-13(19)15-12-7-5-4-6-8-12/h4-8,10H,9H2,1-3H3,(H,15,19). The van der Waals surface area contributed by atoms with Crippen molar-refractivity contribution in [3.8, 4) is 0 Å². The van der Waals surface area contributed by atoms with Gasteiger partial charge in [-0.3, -0.25) is 9.69 Å². The SMILES string of the molecule is Cc1nnc(C(C)N(C)CC(=O)Nc2ccccc2)o1. The van der Waals surface area contributed by atoms with Crippen LogP contribution in [0.1, 0.15) is 24.7 Å². The molecule has 1 atom stereocenters. The molecule has 0 aliphatic rings. The summed E-state index contributed by atoms with van der Waals surface area (Å²) < 4.78 is 5.37. The number of nitrogens with zero attached hydrogens (tertiary/aromatic N) is 3. The van der Waals surface area contributed by atoms with E-state index in [1.807, 2.05) is 49.2 Å². The molecule has 1 amide bonds. The minimum Gasteiger partial charge on any atom is -0.424 e. The second kappa shape index (κ2) is 6.29. The van der Waals surface area contributed by atoms with Crippen molar-refractivity contribution in [2.24, 2.45) is 0 Å². The molecule has 0 saturated heterocycles. The van der Waals surface area contributed by atoms with Crippen molar-refractivity contribution < 1.29 is 9.21 Å². The lowest BCUT2D eigenvalue weighted by Crippen LogP contribution is -2.32. The molecular formula is C14H18N4O2. The van der Waals surface area contributed by atoms with Crippen LogP contribution in [0.15, 0.2) is 34.7 Å². The Morgan fingerprint density at radius 1 is 1.35 bits per heavy atom. The van der Waals surface area contributed by atoms with Crippen molar-refractivity contribution in [3.05, 3.63) is 42.1 Å². The molecule has 0 fully saturated rings. The first-order valence-corrected chi connectivity index (χ1v) is 6.41. The number of hydrogen-bond acceptors (Lipinski definition) is 5. The van der Waals surface area contributed by atoms with Gasteiger partial charge in [0.15, 0.2) is 0 Å². The number of amides is 1. The number of likely N-dealkylation sites (N-methyl/N-ethyl adjacent to an activating group) is 1. The first kappa shape index (κ1) is 14.2. The Kier molecular flexibility index (Phi) is 4.47. The molecule has 20 heavy (non-hydrogen) atoms. The molecule has 2 aromatic rings. The molecule has 6 nitrogen and oxygen atoms in total. The minimum atomic E-state index is -0.113. The van der Waals surface area contributed by atoms with Crippen molar-refractivity contribution in [1.29, 1.82) is 0 Å². The number of rotatable bonds is 5. The summed E-state index contributed by atoms with van der Waals surface area (Å²) in [5.41, 5.74) is 0.784. The van der Waals surface area contributed by atoms with Crippen LogP contribution in [-0.4, -0.2) is 34.6 Å². The molecular weight excluding hydrogens is 256 g/mol. The highest BCUT2D eigenvalue weighted by molar-refractivity contribution is 5.92. The Morgan fingerprint density at radius 2 is 2.05 bits per heavy atom. The van der Waals surface area contributed by atoms with Crippen LogP contribution in [-0.2, 0) is 4.79 Å². The van der Waals surface area contributed by atoms with Crippen molar-refractivity contribution in [3.63, 3.8) is 0 Å². The van der Waals surface area contributed by atoms with Gasteiger partial charge in [-0.2, -0.15) is 0 Å². The molecule has 1 heterocycles. The molecule has 0 aliphatic heterocycles. The predicted molar refractivity (Wildman–Crippen MR) is 75.2 cm³/mol. The van der Waals surface area contributed by atoms with Gasteiger partial charge in [0.05, 0.1) is 12.6 Å². The van der Waals surface area contributed by atoms with E-state index in [0.29, 0.717) is 11.8 Å². The number of para-hydroxylation sites is 1. The Morgan fingerprint density at radius 3 is 2.65 bits per heavy atom. The fourth-order valence-corrected chi connectivity index (χ4v) is 1.75. The third-order valence-corrected chi connectivity index (χ3v) is 3.01. The molecule has 0 spiro atoms. The lowest BCUT2D eigenvalue weighted by atomic mass is 10.3. The fourth-order valence-electron chi connectivity index (χ4n) is 1.75. The number of aryl methyl sites for hydroxylation is 1. The molecule has 1 aromatic carbocycles. The van der Waals surface area contributed by atoms with Gasteiger partial charge < -0.3 is 9.73 Å². The number of aromatic nitrogens is 2. The van der Waals surface area contributed by atoms with Gasteiger partial charge in [0.2, 0.25) is 17.7 Å². The number of hydrogen-bond donors (Lipinski definition) is 1. The molecule has 6 heteroatoms. The molecule has 1 N–H and O–H groups in total. The van der Waals surface area contributed by atoms with E-state index >= 15 is 0 Å². The quantitative estimate of drug-likeness (QED) is 0.903.